The van der Waals surface area contributed by atoms with Crippen LogP contribution in [0, 0.1) is 0 Å². The van der Waals surface area contributed by atoms with Crippen LogP contribution in [0.25, 0.3) is 10.2 Å². The number of methoxy groups -OCH3 is 1. The molecular weight excluding hydrogens is 446 g/mol. The Morgan fingerprint density at radius 2 is 2.22 bits per heavy atom. The second kappa shape index (κ2) is 9.19. The Kier molecular flexibility index (Phi) is 6.14. The first-order chi connectivity index (χ1) is 15.6. The Labute approximate surface area is 193 Å². The number of ketones is 1. The number of Topliss-reactive ketones (excluding diaryl/α,β-unsaturated/α-hetero) is 1. The molecule has 0 radical (unpaired) electrons. The fourth-order valence-corrected chi connectivity index (χ4v) is 5.71. The second-order valence-electron chi connectivity index (χ2n) is 7.83. The second-order valence-corrected chi connectivity index (χ2v) is 9.88. The number of ether oxygens (including phenoxy) is 2. The van der Waals surface area contributed by atoms with Crippen LogP contribution in [-0.4, -0.2) is 48.3 Å². The van der Waals surface area contributed by atoms with Gasteiger partial charge in [0.25, 0.3) is 0 Å². The van der Waals surface area contributed by atoms with E-state index in [1.165, 1.54) is 11.3 Å². The van der Waals surface area contributed by atoms with E-state index in [1.54, 1.807) is 18.9 Å². The van der Waals surface area contributed by atoms with Crippen molar-refractivity contribution in [3.8, 4) is 5.75 Å². The van der Waals surface area contributed by atoms with Crippen LogP contribution in [-0.2, 0) is 16.1 Å². The summed E-state index contributed by atoms with van der Waals surface area (Å²) in [6.07, 6.45) is 1.04. The molecule has 0 bridgehead atoms. The zero-order valence-corrected chi connectivity index (χ0v) is 19.2. The highest BCUT2D eigenvalue weighted by molar-refractivity contribution is 8.00. The summed E-state index contributed by atoms with van der Waals surface area (Å²) in [4.78, 5) is 30.2. The van der Waals surface area contributed by atoms with Crippen molar-refractivity contribution in [3.63, 3.8) is 0 Å². The number of amides is 1. The molecule has 5 rings (SSSR count). The topological polar surface area (TPSA) is 89.6 Å². The fourth-order valence-electron chi connectivity index (χ4n) is 3.95. The maximum absolute atomic E-state index is 12.9. The SMILES string of the molecule is COc1cccc2sc(C(=O)C3CCC(NCc4ccc5c(c4)NC(=O)CS5)CO3)nc12. The molecule has 0 aliphatic carbocycles. The third kappa shape index (κ3) is 4.38. The van der Waals surface area contributed by atoms with Gasteiger partial charge >= 0.3 is 0 Å². The molecule has 1 aromatic heterocycles. The minimum atomic E-state index is -0.462. The molecule has 1 amide bonds. The van der Waals surface area contributed by atoms with Crippen LogP contribution >= 0.6 is 23.1 Å². The standard InChI is InChI=1S/C23H23N3O4S2/c1-29-16-3-2-4-19-21(16)26-23(32-19)22(28)17-7-6-14(11-30-17)24-10-13-5-8-18-15(9-13)25-20(27)12-31-18/h2-5,8-9,14,17,24H,6-7,10-12H2,1H3,(H,25,27). The lowest BCUT2D eigenvalue weighted by Crippen LogP contribution is -2.42. The molecule has 3 heterocycles. The van der Waals surface area contributed by atoms with Crippen molar-refractivity contribution in [2.45, 2.75) is 36.4 Å². The van der Waals surface area contributed by atoms with E-state index in [-0.39, 0.29) is 17.7 Å². The van der Waals surface area contributed by atoms with Gasteiger partial charge in [0, 0.05) is 17.5 Å². The number of nitrogens with zero attached hydrogens (tertiary/aromatic N) is 1. The molecule has 2 unspecified atom stereocenters. The number of aromatic nitrogens is 1. The van der Waals surface area contributed by atoms with Crippen LogP contribution in [0.2, 0.25) is 0 Å². The van der Waals surface area contributed by atoms with Crippen molar-refractivity contribution in [2.75, 3.05) is 24.8 Å². The lowest BCUT2D eigenvalue weighted by Gasteiger charge is -2.28. The number of thioether (sulfide) groups is 1. The van der Waals surface area contributed by atoms with Crippen molar-refractivity contribution in [1.29, 1.82) is 0 Å². The summed E-state index contributed by atoms with van der Waals surface area (Å²) >= 11 is 2.94. The van der Waals surface area contributed by atoms with Crippen LogP contribution in [0.3, 0.4) is 0 Å². The number of rotatable bonds is 6. The van der Waals surface area contributed by atoms with E-state index in [2.05, 4.69) is 27.8 Å². The Hall–Kier alpha value is -2.46. The molecule has 3 aromatic rings. The van der Waals surface area contributed by atoms with Crippen molar-refractivity contribution < 1.29 is 19.1 Å². The third-order valence-electron chi connectivity index (χ3n) is 5.65. The van der Waals surface area contributed by atoms with Crippen LogP contribution in [0.4, 0.5) is 5.69 Å². The molecule has 7 nitrogen and oxygen atoms in total. The number of carbonyl (C=O) groups is 2. The van der Waals surface area contributed by atoms with Crippen molar-refractivity contribution in [1.82, 2.24) is 10.3 Å². The van der Waals surface area contributed by atoms with Gasteiger partial charge in [0.05, 0.1) is 29.9 Å². The summed E-state index contributed by atoms with van der Waals surface area (Å²) in [6.45, 7) is 1.15. The van der Waals surface area contributed by atoms with E-state index in [4.69, 9.17) is 9.47 Å². The molecule has 2 aliphatic heterocycles. The summed E-state index contributed by atoms with van der Waals surface area (Å²) in [7, 11) is 1.60. The highest BCUT2D eigenvalue weighted by Crippen LogP contribution is 2.33. The van der Waals surface area contributed by atoms with Gasteiger partial charge in [-0.3, -0.25) is 9.59 Å². The number of anilines is 1. The average Bonchev–Trinajstić information content (AvgIpc) is 3.27. The van der Waals surface area contributed by atoms with E-state index in [0.29, 0.717) is 36.1 Å². The molecule has 2 aliphatic rings. The summed E-state index contributed by atoms with van der Waals surface area (Å²) in [6, 6.07) is 12.0. The minimum Gasteiger partial charge on any atom is -0.494 e. The predicted molar refractivity (Wildman–Crippen MR) is 126 cm³/mol. The zero-order chi connectivity index (χ0) is 22.1. The molecule has 2 aromatic carbocycles. The highest BCUT2D eigenvalue weighted by Gasteiger charge is 2.30. The Morgan fingerprint density at radius 3 is 3.03 bits per heavy atom. The largest absolute Gasteiger partial charge is 0.494 e. The van der Waals surface area contributed by atoms with Gasteiger partial charge in [0.1, 0.15) is 17.4 Å². The molecule has 1 fully saturated rings. The lowest BCUT2D eigenvalue weighted by molar-refractivity contribution is -0.113. The first-order valence-corrected chi connectivity index (χ1v) is 12.3. The van der Waals surface area contributed by atoms with Crippen molar-refractivity contribution in [3.05, 3.63) is 47.0 Å². The van der Waals surface area contributed by atoms with Gasteiger partial charge in [-0.05, 0) is 42.7 Å². The number of nitrogens with one attached hydrogen (secondary N) is 2. The van der Waals surface area contributed by atoms with E-state index in [9.17, 15) is 9.59 Å². The number of para-hydroxylation sites is 1. The molecule has 0 saturated carbocycles. The third-order valence-corrected chi connectivity index (χ3v) is 7.76. The number of carbonyl (C=O) groups excluding carboxylic acids is 2. The number of hydrogen-bond acceptors (Lipinski definition) is 8. The Balaban J connectivity index is 1.16. The Morgan fingerprint density at radius 1 is 1.31 bits per heavy atom. The van der Waals surface area contributed by atoms with Gasteiger partial charge in [-0.25, -0.2) is 4.98 Å². The molecule has 0 spiro atoms. The zero-order valence-electron chi connectivity index (χ0n) is 17.6. The minimum absolute atomic E-state index is 0.0376. The van der Waals surface area contributed by atoms with Crippen molar-refractivity contribution >= 4 is 50.7 Å². The van der Waals surface area contributed by atoms with Gasteiger partial charge in [-0.1, -0.05) is 12.1 Å². The normalized spacial score (nSPS) is 20.6. The molecule has 9 heteroatoms. The predicted octanol–water partition coefficient (Wildman–Crippen LogP) is 3.87. The van der Waals surface area contributed by atoms with E-state index < -0.39 is 6.10 Å². The van der Waals surface area contributed by atoms with Crippen LogP contribution in [0.15, 0.2) is 41.3 Å². The molecule has 32 heavy (non-hydrogen) atoms. The summed E-state index contributed by atoms with van der Waals surface area (Å²) in [5.41, 5.74) is 2.70. The number of thiazole rings is 1. The quantitative estimate of drug-likeness (QED) is 0.530. The average molecular weight is 470 g/mol. The fraction of sp³-hybridized carbons (Fsp3) is 0.348. The molecule has 166 valence electrons. The Bertz CT molecular complexity index is 1170. The molecule has 2 N–H and O–H groups in total. The smallest absolute Gasteiger partial charge is 0.234 e. The van der Waals surface area contributed by atoms with Gasteiger partial charge in [-0.2, -0.15) is 0 Å². The first-order valence-electron chi connectivity index (χ1n) is 10.5. The summed E-state index contributed by atoms with van der Waals surface area (Å²) in [5, 5.41) is 6.90. The number of fused-ring (bicyclic) bond motifs is 2. The highest BCUT2D eigenvalue weighted by atomic mass is 32.2. The van der Waals surface area contributed by atoms with Crippen LogP contribution in [0.5, 0.6) is 5.75 Å². The van der Waals surface area contributed by atoms with Gasteiger partial charge in [-0.15, -0.1) is 23.1 Å². The molecule has 2 atom stereocenters. The van der Waals surface area contributed by atoms with Gasteiger partial charge in [0.2, 0.25) is 11.7 Å². The maximum Gasteiger partial charge on any atom is 0.234 e. The molecular formula is C23H23N3O4S2. The summed E-state index contributed by atoms with van der Waals surface area (Å²) < 4.78 is 12.2. The van der Waals surface area contributed by atoms with Gasteiger partial charge in [0.15, 0.2) is 5.01 Å². The van der Waals surface area contributed by atoms with E-state index in [0.717, 1.165) is 32.8 Å². The first kappa shape index (κ1) is 21.4. The number of benzene rings is 2. The molecule has 1 saturated heterocycles. The lowest BCUT2D eigenvalue weighted by atomic mass is 10.0. The van der Waals surface area contributed by atoms with E-state index in [1.807, 2.05) is 24.3 Å². The van der Waals surface area contributed by atoms with Crippen LogP contribution in [0.1, 0.15) is 28.2 Å². The maximum atomic E-state index is 12.9. The summed E-state index contributed by atoms with van der Waals surface area (Å²) in [5.74, 6) is 1.12. The van der Waals surface area contributed by atoms with Gasteiger partial charge < -0.3 is 20.1 Å². The van der Waals surface area contributed by atoms with E-state index >= 15 is 0 Å². The van der Waals surface area contributed by atoms with Crippen molar-refractivity contribution in [2.24, 2.45) is 0 Å². The monoisotopic (exact) mass is 469 g/mol. The van der Waals surface area contributed by atoms with Crippen LogP contribution < -0.4 is 15.4 Å². The number of hydrogen-bond donors (Lipinski definition) is 2.